The van der Waals surface area contributed by atoms with Gasteiger partial charge >= 0.3 is 0 Å². The maximum absolute atomic E-state index is 14.2. The van der Waals surface area contributed by atoms with Gasteiger partial charge in [-0.3, -0.25) is 13.9 Å². The van der Waals surface area contributed by atoms with E-state index in [9.17, 15) is 18.0 Å². The number of anilines is 1. The molecule has 1 N–H and O–H groups in total. The Hall–Kier alpha value is -2.78. The molecule has 0 saturated heterocycles. The van der Waals surface area contributed by atoms with E-state index in [0.29, 0.717) is 27.1 Å². The van der Waals surface area contributed by atoms with Crippen molar-refractivity contribution in [3.63, 3.8) is 0 Å². The Labute approximate surface area is 263 Å². The van der Waals surface area contributed by atoms with Crippen LogP contribution in [0.2, 0.25) is 15.1 Å². The van der Waals surface area contributed by atoms with Crippen molar-refractivity contribution in [3.05, 3.63) is 92.4 Å². The number of amides is 2. The summed E-state index contributed by atoms with van der Waals surface area (Å²) in [7, 11) is -4.22. The van der Waals surface area contributed by atoms with Crippen LogP contribution in [0.25, 0.3) is 0 Å². The second kappa shape index (κ2) is 14.6. The van der Waals surface area contributed by atoms with E-state index < -0.39 is 28.5 Å². The van der Waals surface area contributed by atoms with Gasteiger partial charge in [0.05, 0.1) is 10.6 Å². The highest BCUT2D eigenvalue weighted by molar-refractivity contribution is 7.92. The molecule has 2 atom stereocenters. The van der Waals surface area contributed by atoms with Gasteiger partial charge in [-0.2, -0.15) is 0 Å². The average molecular weight is 653 g/mol. The minimum absolute atomic E-state index is 0.0138. The summed E-state index contributed by atoms with van der Waals surface area (Å²) in [4.78, 5) is 29.0. The van der Waals surface area contributed by atoms with Crippen LogP contribution in [0.15, 0.2) is 65.6 Å². The standard InChI is InChI=1S/C31H36Cl3N3O4S/c1-6-22(5)35-31(39)29(7-2)36(18-25-26(32)9-8-10-27(25)33)30(38)19-37(23-14-13-21(4)28(34)17-23)42(40,41)24-15-11-20(3)12-16-24/h8-17,22,29H,6-7,18-19H2,1-5H3,(H,35,39)/t22-,29-/m0/s1. The van der Waals surface area contributed by atoms with Gasteiger partial charge in [-0.25, -0.2) is 8.42 Å². The third kappa shape index (κ3) is 7.98. The molecule has 0 radical (unpaired) electrons. The van der Waals surface area contributed by atoms with Gasteiger partial charge in [-0.05, 0) is 75.6 Å². The first-order valence-corrected chi connectivity index (χ1v) is 16.3. The minimum Gasteiger partial charge on any atom is -0.352 e. The largest absolute Gasteiger partial charge is 0.352 e. The van der Waals surface area contributed by atoms with Crippen molar-refractivity contribution in [1.29, 1.82) is 0 Å². The summed E-state index contributed by atoms with van der Waals surface area (Å²) in [6.07, 6.45) is 0.973. The number of rotatable bonds is 12. The van der Waals surface area contributed by atoms with Gasteiger partial charge in [0.25, 0.3) is 10.0 Å². The average Bonchev–Trinajstić information content (AvgIpc) is 2.94. The van der Waals surface area contributed by atoms with E-state index in [4.69, 9.17) is 34.8 Å². The van der Waals surface area contributed by atoms with Crippen molar-refractivity contribution in [2.75, 3.05) is 10.8 Å². The molecule has 0 unspecified atom stereocenters. The Morgan fingerprint density at radius 3 is 2.05 bits per heavy atom. The summed E-state index contributed by atoms with van der Waals surface area (Å²) in [5.74, 6) is -0.959. The molecule has 0 aromatic heterocycles. The lowest BCUT2D eigenvalue weighted by molar-refractivity contribution is -0.140. The molecule has 2 amide bonds. The summed E-state index contributed by atoms with van der Waals surface area (Å²) in [6.45, 7) is 8.56. The Bertz CT molecular complexity index is 1510. The van der Waals surface area contributed by atoms with Crippen LogP contribution in [-0.2, 0) is 26.2 Å². The third-order valence-corrected chi connectivity index (χ3v) is 10.0. The highest BCUT2D eigenvalue weighted by Crippen LogP contribution is 2.30. The highest BCUT2D eigenvalue weighted by Gasteiger charge is 2.34. The van der Waals surface area contributed by atoms with Crippen molar-refractivity contribution < 1.29 is 18.0 Å². The number of halogens is 3. The number of nitrogens with one attached hydrogen (secondary N) is 1. The van der Waals surface area contributed by atoms with Crippen molar-refractivity contribution in [3.8, 4) is 0 Å². The van der Waals surface area contributed by atoms with Crippen molar-refractivity contribution in [2.24, 2.45) is 0 Å². The molecule has 3 aromatic rings. The smallest absolute Gasteiger partial charge is 0.264 e. The monoisotopic (exact) mass is 651 g/mol. The fourth-order valence-electron chi connectivity index (χ4n) is 4.32. The second-order valence-electron chi connectivity index (χ2n) is 10.2. The molecule has 0 aliphatic carbocycles. The lowest BCUT2D eigenvalue weighted by Crippen LogP contribution is -2.53. The molecule has 0 aliphatic rings. The van der Waals surface area contributed by atoms with Crippen LogP contribution in [0.4, 0.5) is 5.69 Å². The molecule has 42 heavy (non-hydrogen) atoms. The number of benzene rings is 3. The maximum Gasteiger partial charge on any atom is 0.264 e. The van der Waals surface area contributed by atoms with E-state index in [1.807, 2.05) is 20.8 Å². The molecule has 226 valence electrons. The zero-order chi connectivity index (χ0) is 31.2. The molecular weight excluding hydrogens is 617 g/mol. The van der Waals surface area contributed by atoms with Crippen molar-refractivity contribution in [2.45, 2.75) is 71.0 Å². The number of sulfonamides is 1. The number of carbonyl (C=O) groups is 2. The molecule has 3 aromatic carbocycles. The van der Waals surface area contributed by atoms with Gasteiger partial charge in [0.15, 0.2) is 0 Å². The van der Waals surface area contributed by atoms with Crippen molar-refractivity contribution in [1.82, 2.24) is 10.2 Å². The molecule has 0 bridgehead atoms. The summed E-state index contributed by atoms with van der Waals surface area (Å²) in [5.41, 5.74) is 2.31. The number of aryl methyl sites for hydroxylation is 2. The number of carbonyl (C=O) groups excluding carboxylic acids is 2. The van der Waals surface area contributed by atoms with Crippen LogP contribution >= 0.6 is 34.8 Å². The van der Waals surface area contributed by atoms with Crippen molar-refractivity contribution >= 4 is 62.3 Å². The lowest BCUT2D eigenvalue weighted by Gasteiger charge is -2.34. The lowest BCUT2D eigenvalue weighted by atomic mass is 10.1. The molecule has 0 aliphatic heterocycles. The van der Waals surface area contributed by atoms with E-state index in [-0.39, 0.29) is 35.5 Å². The van der Waals surface area contributed by atoms with Crippen LogP contribution in [0.3, 0.4) is 0 Å². The van der Waals surface area contributed by atoms with E-state index in [1.165, 1.54) is 23.1 Å². The first kappa shape index (κ1) is 33.7. The first-order valence-electron chi connectivity index (χ1n) is 13.7. The summed E-state index contributed by atoms with van der Waals surface area (Å²) < 4.78 is 29.0. The summed E-state index contributed by atoms with van der Waals surface area (Å²) in [5, 5.41) is 3.94. The quantitative estimate of drug-likeness (QED) is 0.225. The normalized spacial score (nSPS) is 12.9. The van der Waals surface area contributed by atoms with Gasteiger partial charge in [0.1, 0.15) is 12.6 Å². The van der Waals surface area contributed by atoms with Crippen LogP contribution in [0.1, 0.15) is 50.3 Å². The van der Waals surface area contributed by atoms with E-state index >= 15 is 0 Å². The Balaban J connectivity index is 2.12. The van der Waals surface area contributed by atoms with E-state index in [2.05, 4.69) is 5.32 Å². The maximum atomic E-state index is 14.2. The zero-order valence-electron chi connectivity index (χ0n) is 24.3. The predicted octanol–water partition coefficient (Wildman–Crippen LogP) is 7.18. The molecule has 3 rings (SSSR count). The predicted molar refractivity (Wildman–Crippen MR) is 171 cm³/mol. The van der Waals surface area contributed by atoms with Gasteiger partial charge in [0, 0.05) is 33.2 Å². The highest BCUT2D eigenvalue weighted by atomic mass is 35.5. The molecular formula is C31H36Cl3N3O4S. The second-order valence-corrected chi connectivity index (χ2v) is 13.3. The van der Waals surface area contributed by atoms with Gasteiger partial charge in [-0.1, -0.05) is 78.5 Å². The van der Waals surface area contributed by atoms with Crippen LogP contribution in [0.5, 0.6) is 0 Å². The van der Waals surface area contributed by atoms with E-state index in [1.54, 1.807) is 56.3 Å². The van der Waals surface area contributed by atoms with Crippen LogP contribution in [0, 0.1) is 13.8 Å². The third-order valence-electron chi connectivity index (χ3n) is 7.11. The molecule has 0 fully saturated rings. The molecule has 0 heterocycles. The number of hydrogen-bond acceptors (Lipinski definition) is 4. The fourth-order valence-corrected chi connectivity index (χ4v) is 6.42. The summed E-state index contributed by atoms with van der Waals surface area (Å²) >= 11 is 19.3. The van der Waals surface area contributed by atoms with E-state index in [0.717, 1.165) is 15.4 Å². The Morgan fingerprint density at radius 2 is 1.50 bits per heavy atom. The number of nitrogens with zero attached hydrogens (tertiary/aromatic N) is 2. The van der Waals surface area contributed by atoms with Gasteiger partial charge in [0.2, 0.25) is 11.8 Å². The SMILES string of the molecule is CC[C@H](C)NC(=O)[C@H](CC)N(Cc1c(Cl)cccc1Cl)C(=O)CN(c1ccc(C)c(Cl)c1)S(=O)(=O)c1ccc(C)cc1. The molecule has 11 heteroatoms. The topological polar surface area (TPSA) is 86.8 Å². The summed E-state index contributed by atoms with van der Waals surface area (Å²) in [6, 6.07) is 15.1. The van der Waals surface area contributed by atoms with Gasteiger partial charge < -0.3 is 10.2 Å². The molecule has 0 spiro atoms. The number of hydrogen-bond donors (Lipinski definition) is 1. The van der Waals surface area contributed by atoms with Gasteiger partial charge in [-0.15, -0.1) is 0 Å². The van der Waals surface area contributed by atoms with Crippen LogP contribution < -0.4 is 9.62 Å². The Kier molecular flexibility index (Phi) is 11.7. The minimum atomic E-state index is -4.22. The molecule has 0 saturated carbocycles. The zero-order valence-corrected chi connectivity index (χ0v) is 27.4. The first-order chi connectivity index (χ1) is 19.8. The molecule has 7 nitrogen and oxygen atoms in total. The Morgan fingerprint density at radius 1 is 0.881 bits per heavy atom. The van der Waals surface area contributed by atoms with Crippen LogP contribution in [-0.4, -0.2) is 43.8 Å². The fraction of sp³-hybridized carbons (Fsp3) is 0.355.